The smallest absolute Gasteiger partial charge is 0.272 e. The normalized spacial score (nSPS) is 17.0. The van der Waals surface area contributed by atoms with Crippen LogP contribution in [0.25, 0.3) is 11.5 Å². The third kappa shape index (κ3) is 2.92. The van der Waals surface area contributed by atoms with Crippen molar-refractivity contribution in [3.05, 3.63) is 35.2 Å². The summed E-state index contributed by atoms with van der Waals surface area (Å²) in [5, 5.41) is 17.5. The number of hydrogen-bond acceptors (Lipinski definition) is 7. The Bertz CT molecular complexity index is 918. The van der Waals surface area contributed by atoms with E-state index in [0.29, 0.717) is 34.9 Å². The van der Waals surface area contributed by atoms with Crippen molar-refractivity contribution < 1.29 is 13.8 Å². The van der Waals surface area contributed by atoms with Crippen LogP contribution in [0.1, 0.15) is 65.4 Å². The maximum Gasteiger partial charge on any atom is 0.272 e. The molecule has 1 amide bonds. The van der Waals surface area contributed by atoms with Crippen LogP contribution < -0.4 is 5.32 Å². The summed E-state index contributed by atoms with van der Waals surface area (Å²) < 4.78 is 10.4. The molecule has 0 radical (unpaired) electrons. The predicted octanol–water partition coefficient (Wildman–Crippen LogP) is 2.13. The summed E-state index contributed by atoms with van der Waals surface area (Å²) >= 11 is 0. The maximum atomic E-state index is 12.1. The molecule has 9 heteroatoms. The van der Waals surface area contributed by atoms with Crippen LogP contribution >= 0.6 is 0 Å². The van der Waals surface area contributed by atoms with E-state index in [2.05, 4.69) is 30.8 Å². The van der Waals surface area contributed by atoms with Crippen LogP contribution in [0.5, 0.6) is 0 Å². The molecule has 2 fully saturated rings. The molecule has 9 nitrogen and oxygen atoms in total. The van der Waals surface area contributed by atoms with Crippen LogP contribution in [-0.2, 0) is 6.54 Å². The molecule has 0 saturated heterocycles. The van der Waals surface area contributed by atoms with Gasteiger partial charge < -0.3 is 14.4 Å². The quantitative estimate of drug-likeness (QED) is 0.704. The van der Waals surface area contributed by atoms with Gasteiger partial charge in [0.1, 0.15) is 11.5 Å². The zero-order chi connectivity index (χ0) is 16.8. The fourth-order valence-electron chi connectivity index (χ4n) is 2.69. The first-order valence-corrected chi connectivity index (χ1v) is 8.39. The minimum atomic E-state index is -0.277. The molecule has 0 aromatic carbocycles. The van der Waals surface area contributed by atoms with Crippen molar-refractivity contribution in [1.29, 1.82) is 0 Å². The van der Waals surface area contributed by atoms with Gasteiger partial charge in [-0.3, -0.25) is 9.89 Å². The SMILES string of the molecule is O=C(NCc1nc(-c2cc(C3CC3)on2)no1)c1cc(C2CC2)[nH]n1. The van der Waals surface area contributed by atoms with Crippen LogP contribution in [0.3, 0.4) is 0 Å². The fourth-order valence-corrected chi connectivity index (χ4v) is 2.69. The average Bonchev–Trinajstić information content (AvgIpc) is 3.49. The number of nitrogens with one attached hydrogen (secondary N) is 2. The van der Waals surface area contributed by atoms with Crippen LogP contribution in [0, 0.1) is 0 Å². The summed E-state index contributed by atoms with van der Waals surface area (Å²) in [6, 6.07) is 3.63. The van der Waals surface area contributed by atoms with Crippen molar-refractivity contribution in [1.82, 2.24) is 30.8 Å². The lowest BCUT2D eigenvalue weighted by Gasteiger charge is -1.97. The van der Waals surface area contributed by atoms with Gasteiger partial charge in [0, 0.05) is 23.6 Å². The van der Waals surface area contributed by atoms with E-state index in [1.165, 1.54) is 0 Å². The topological polar surface area (TPSA) is 123 Å². The highest BCUT2D eigenvalue weighted by Gasteiger charge is 2.29. The van der Waals surface area contributed by atoms with E-state index in [9.17, 15) is 4.79 Å². The second-order valence-corrected chi connectivity index (χ2v) is 6.57. The molecule has 2 aliphatic rings. The molecule has 2 aliphatic carbocycles. The Hall–Kier alpha value is -2.97. The Balaban J connectivity index is 1.22. The van der Waals surface area contributed by atoms with E-state index < -0.39 is 0 Å². The van der Waals surface area contributed by atoms with Gasteiger partial charge in [0.25, 0.3) is 5.91 Å². The molecule has 25 heavy (non-hydrogen) atoms. The summed E-state index contributed by atoms with van der Waals surface area (Å²) in [5.41, 5.74) is 1.93. The first-order valence-electron chi connectivity index (χ1n) is 8.39. The first kappa shape index (κ1) is 14.4. The molecule has 3 aromatic rings. The minimum absolute atomic E-state index is 0.130. The molecule has 3 aromatic heterocycles. The van der Waals surface area contributed by atoms with Crippen LogP contribution in [-0.4, -0.2) is 31.4 Å². The van der Waals surface area contributed by atoms with Crippen molar-refractivity contribution >= 4 is 5.91 Å². The van der Waals surface area contributed by atoms with E-state index in [0.717, 1.165) is 37.1 Å². The summed E-state index contributed by atoms with van der Waals surface area (Å²) in [5.74, 6) is 2.24. The highest BCUT2D eigenvalue weighted by atomic mass is 16.5. The van der Waals surface area contributed by atoms with E-state index in [-0.39, 0.29) is 12.5 Å². The van der Waals surface area contributed by atoms with Crippen LogP contribution in [0.2, 0.25) is 0 Å². The fraction of sp³-hybridized carbons (Fsp3) is 0.438. The number of hydrogen-bond donors (Lipinski definition) is 2. The van der Waals surface area contributed by atoms with E-state index in [1.54, 1.807) is 6.07 Å². The molecule has 0 spiro atoms. The summed E-state index contributed by atoms with van der Waals surface area (Å²) in [6.07, 6.45) is 4.57. The average molecular weight is 340 g/mol. The number of carbonyl (C=O) groups is 1. The standard InChI is InChI=1S/C16H16N6O3/c23-16(12-5-10(19-20-12)8-1-2-8)17-7-14-18-15(22-25-14)11-6-13(24-21-11)9-3-4-9/h5-6,8-9H,1-4,7H2,(H,17,23)(H,19,20). The maximum absolute atomic E-state index is 12.1. The van der Waals surface area contributed by atoms with E-state index >= 15 is 0 Å². The summed E-state index contributed by atoms with van der Waals surface area (Å²) in [4.78, 5) is 16.4. The Labute approximate surface area is 142 Å². The summed E-state index contributed by atoms with van der Waals surface area (Å²) in [6.45, 7) is 0.130. The number of amides is 1. The lowest BCUT2D eigenvalue weighted by atomic mass is 10.2. The van der Waals surface area contributed by atoms with Gasteiger partial charge in [0.2, 0.25) is 11.7 Å². The second-order valence-electron chi connectivity index (χ2n) is 6.57. The third-order valence-electron chi connectivity index (χ3n) is 4.45. The molecule has 5 rings (SSSR count). The predicted molar refractivity (Wildman–Crippen MR) is 83.5 cm³/mol. The largest absolute Gasteiger partial charge is 0.360 e. The molecular formula is C16H16N6O3. The zero-order valence-electron chi connectivity index (χ0n) is 13.4. The van der Waals surface area contributed by atoms with Gasteiger partial charge >= 0.3 is 0 Å². The highest BCUT2D eigenvalue weighted by molar-refractivity contribution is 5.92. The van der Waals surface area contributed by atoms with Gasteiger partial charge in [-0.2, -0.15) is 10.1 Å². The number of aromatic nitrogens is 5. The minimum Gasteiger partial charge on any atom is -0.360 e. The molecule has 0 unspecified atom stereocenters. The third-order valence-corrected chi connectivity index (χ3v) is 4.45. The second kappa shape index (κ2) is 5.54. The highest BCUT2D eigenvalue weighted by Crippen LogP contribution is 2.41. The van der Waals surface area contributed by atoms with Gasteiger partial charge in [-0.05, 0) is 31.7 Å². The van der Waals surface area contributed by atoms with Crippen molar-refractivity contribution in [2.45, 2.75) is 44.1 Å². The van der Waals surface area contributed by atoms with Crippen LogP contribution in [0.15, 0.2) is 21.2 Å². The van der Waals surface area contributed by atoms with Gasteiger partial charge in [-0.25, -0.2) is 0 Å². The van der Waals surface area contributed by atoms with Crippen LogP contribution in [0.4, 0.5) is 0 Å². The van der Waals surface area contributed by atoms with E-state index in [4.69, 9.17) is 9.05 Å². The molecule has 0 bridgehead atoms. The van der Waals surface area contributed by atoms with Gasteiger partial charge in [0.05, 0.1) is 6.54 Å². The lowest BCUT2D eigenvalue weighted by Crippen LogP contribution is -2.23. The van der Waals surface area contributed by atoms with Crippen molar-refractivity contribution in [2.24, 2.45) is 0 Å². The molecule has 2 N–H and O–H groups in total. The molecule has 2 saturated carbocycles. The Kier molecular flexibility index (Phi) is 3.19. The number of nitrogens with zero attached hydrogens (tertiary/aromatic N) is 4. The zero-order valence-corrected chi connectivity index (χ0v) is 13.4. The Morgan fingerprint density at radius 3 is 2.80 bits per heavy atom. The molecular weight excluding hydrogens is 324 g/mol. The monoisotopic (exact) mass is 340 g/mol. The lowest BCUT2D eigenvalue weighted by molar-refractivity contribution is 0.0941. The molecule has 128 valence electrons. The number of aromatic amines is 1. The Morgan fingerprint density at radius 1 is 1.16 bits per heavy atom. The first-order chi connectivity index (χ1) is 12.3. The number of H-pyrrole nitrogens is 1. The van der Waals surface area contributed by atoms with Crippen molar-refractivity contribution in [3.8, 4) is 11.5 Å². The van der Waals surface area contributed by atoms with Gasteiger partial charge in [0.15, 0.2) is 5.69 Å². The molecule has 0 aliphatic heterocycles. The van der Waals surface area contributed by atoms with E-state index in [1.807, 2.05) is 6.07 Å². The summed E-state index contributed by atoms with van der Waals surface area (Å²) in [7, 11) is 0. The van der Waals surface area contributed by atoms with Gasteiger partial charge in [-0.15, -0.1) is 0 Å². The Morgan fingerprint density at radius 2 is 2.00 bits per heavy atom. The number of carbonyl (C=O) groups excluding carboxylic acids is 1. The van der Waals surface area contributed by atoms with Crippen molar-refractivity contribution in [3.63, 3.8) is 0 Å². The number of rotatable bonds is 6. The molecule has 3 heterocycles. The molecule has 0 atom stereocenters. The van der Waals surface area contributed by atoms with Crippen molar-refractivity contribution in [2.75, 3.05) is 0 Å². The van der Waals surface area contributed by atoms with Gasteiger partial charge in [-0.1, -0.05) is 10.3 Å².